The standard InChI is InChI=1S/C8H15B2P3/c9-13(10)12(11)8-6-4-2-1-3-5-7-8/h8H,1-7H2. The van der Waals surface area contributed by atoms with Gasteiger partial charge in [-0.2, -0.15) is 0 Å². The Balaban J connectivity index is 2.49. The van der Waals surface area contributed by atoms with Gasteiger partial charge in [0.05, 0.1) is 0 Å². The molecule has 2 unspecified atom stereocenters. The van der Waals surface area contributed by atoms with Crippen molar-refractivity contribution in [2.24, 2.45) is 0 Å². The van der Waals surface area contributed by atoms with Crippen molar-refractivity contribution in [2.75, 3.05) is 0 Å². The molecule has 0 aromatic carbocycles. The van der Waals surface area contributed by atoms with Crippen LogP contribution in [0.4, 0.5) is 0 Å². The van der Waals surface area contributed by atoms with Crippen LogP contribution in [0, 0.1) is 0 Å². The molecule has 2 atom stereocenters. The van der Waals surface area contributed by atoms with Gasteiger partial charge in [0.15, 0.2) is 0 Å². The first-order valence-electron chi connectivity index (χ1n) is 4.99. The van der Waals surface area contributed by atoms with Crippen molar-refractivity contribution in [3.8, 4) is 0 Å². The Morgan fingerprint density at radius 2 is 1.46 bits per heavy atom. The van der Waals surface area contributed by atoms with Gasteiger partial charge in [-0.15, -0.1) is 0 Å². The second-order valence-corrected chi connectivity index (χ2v) is 10.7. The maximum atomic E-state index is 5.75. The molecule has 1 saturated carbocycles. The molecule has 0 aromatic rings. The Labute approximate surface area is 87.3 Å². The van der Waals surface area contributed by atoms with Crippen LogP contribution in [0.25, 0.3) is 0 Å². The van der Waals surface area contributed by atoms with E-state index in [1.54, 1.807) is 0 Å². The molecular formula is C8H15B2P3. The summed E-state index contributed by atoms with van der Waals surface area (Å²) in [5.41, 5.74) is 0.736. The van der Waals surface area contributed by atoms with Crippen molar-refractivity contribution in [1.29, 1.82) is 0 Å². The molecule has 0 bridgehead atoms. The van der Waals surface area contributed by atoms with Gasteiger partial charge in [-0.1, -0.05) is 0 Å². The molecule has 0 aliphatic heterocycles. The number of hydrogen-bond donors (Lipinski definition) is 0. The van der Waals surface area contributed by atoms with Crippen LogP contribution < -0.4 is 0 Å². The van der Waals surface area contributed by atoms with E-state index in [-0.39, 0.29) is 6.71 Å². The Kier molecular flexibility index (Phi) is 6.22. The first-order chi connectivity index (χ1) is 6.22. The van der Waals surface area contributed by atoms with E-state index in [4.69, 9.17) is 14.6 Å². The molecule has 1 rings (SSSR count). The van der Waals surface area contributed by atoms with Gasteiger partial charge in [-0.05, 0) is 0 Å². The van der Waals surface area contributed by atoms with E-state index in [1.165, 1.54) is 44.9 Å². The predicted molar refractivity (Wildman–Crippen MR) is 68.4 cm³/mol. The van der Waals surface area contributed by atoms with Crippen LogP contribution in [-0.2, 0) is 0 Å². The molecule has 5 heteroatoms. The summed E-state index contributed by atoms with van der Waals surface area (Å²) >= 11 is 0. The minimum atomic E-state index is -0.776. The zero-order valence-electron chi connectivity index (χ0n) is 8.02. The summed E-state index contributed by atoms with van der Waals surface area (Å²) < 4.78 is 0. The van der Waals surface area contributed by atoms with Gasteiger partial charge in [0, 0.05) is 0 Å². The first kappa shape index (κ1) is 12.2. The van der Waals surface area contributed by atoms with E-state index >= 15 is 0 Å². The Bertz CT molecular complexity index is 275. The van der Waals surface area contributed by atoms with Crippen molar-refractivity contribution in [2.45, 2.75) is 50.6 Å². The summed E-state index contributed by atoms with van der Waals surface area (Å²) in [4.78, 5) is 0. The van der Waals surface area contributed by atoms with Crippen molar-refractivity contribution in [3.63, 3.8) is 0 Å². The third-order valence-electron chi connectivity index (χ3n) is 2.64. The van der Waals surface area contributed by atoms with E-state index in [9.17, 15) is 0 Å². The number of hydrogen-bond acceptors (Lipinski definition) is 0. The van der Waals surface area contributed by atoms with E-state index in [0.717, 1.165) is 5.66 Å². The second kappa shape index (κ2) is 6.61. The topological polar surface area (TPSA) is 0 Å². The molecule has 13 heavy (non-hydrogen) atoms. The Morgan fingerprint density at radius 1 is 1.00 bits per heavy atom. The molecule has 0 nitrogen and oxygen atoms in total. The molecule has 0 saturated heterocycles. The van der Waals surface area contributed by atoms with Gasteiger partial charge >= 0.3 is 87.0 Å². The summed E-state index contributed by atoms with van der Waals surface area (Å²) in [7, 11) is 16.1. The number of rotatable bonds is 0. The summed E-state index contributed by atoms with van der Waals surface area (Å²) in [5, 5.41) is 0. The zero-order valence-corrected chi connectivity index (χ0v) is 10.7. The van der Waals surface area contributed by atoms with Gasteiger partial charge in [-0.25, -0.2) is 0 Å². The first-order valence-corrected chi connectivity index (χ1v) is 9.74. The third-order valence-corrected chi connectivity index (χ3v) is 9.52. The van der Waals surface area contributed by atoms with Crippen molar-refractivity contribution < 1.29 is 0 Å². The minimum absolute atomic E-state index is 0.372. The molecule has 0 N–H and O–H groups in total. The van der Waals surface area contributed by atoms with Gasteiger partial charge < -0.3 is 0 Å². The third kappa shape index (κ3) is 4.46. The average molecular weight is 226 g/mol. The molecule has 1 aliphatic carbocycles. The zero-order chi connectivity index (χ0) is 9.68. The molecule has 1 aliphatic rings. The summed E-state index contributed by atoms with van der Waals surface area (Å²) in [6.07, 6.45) is 9.52. The molecule has 1 fully saturated rings. The summed E-state index contributed by atoms with van der Waals surface area (Å²) in [6.45, 7) is -1.15. The SMILES string of the molecule is [B]P(#B)P(#P)C1CCCCCCC1. The normalized spacial score (nSPS) is 23.2. The molecule has 2 radical (unpaired) electrons. The molecule has 0 aromatic heterocycles. The van der Waals surface area contributed by atoms with Gasteiger partial charge in [-0.3, -0.25) is 0 Å². The van der Waals surface area contributed by atoms with E-state index < -0.39 is 6.80 Å². The van der Waals surface area contributed by atoms with Gasteiger partial charge in [0.25, 0.3) is 0 Å². The van der Waals surface area contributed by atoms with Crippen LogP contribution >= 0.6 is 21.9 Å². The Hall–Kier alpha value is 1.16. The molecule has 0 heterocycles. The van der Waals surface area contributed by atoms with E-state index in [0.29, 0.717) is 0 Å². The van der Waals surface area contributed by atoms with Crippen LogP contribution in [0.5, 0.6) is 0 Å². The molecule has 68 valence electrons. The fraction of sp³-hybridized carbons (Fsp3) is 1.00. The molecule has 0 amide bonds. The van der Waals surface area contributed by atoms with Crippen LogP contribution in [0.2, 0.25) is 0 Å². The van der Waals surface area contributed by atoms with Crippen LogP contribution in [0.1, 0.15) is 44.9 Å². The van der Waals surface area contributed by atoms with Crippen molar-refractivity contribution in [3.05, 3.63) is 0 Å². The summed E-state index contributed by atoms with van der Waals surface area (Å²) in [5.74, 6) is 0. The van der Waals surface area contributed by atoms with Crippen LogP contribution in [0.15, 0.2) is 0 Å². The fourth-order valence-electron chi connectivity index (χ4n) is 1.85. The van der Waals surface area contributed by atoms with E-state index in [1.807, 2.05) is 0 Å². The van der Waals surface area contributed by atoms with Crippen LogP contribution in [0.3, 0.4) is 0 Å². The van der Waals surface area contributed by atoms with Crippen LogP contribution in [-0.4, -0.2) is 20.2 Å². The Morgan fingerprint density at radius 3 is 1.92 bits per heavy atom. The van der Waals surface area contributed by atoms with E-state index in [2.05, 4.69) is 8.34 Å². The van der Waals surface area contributed by atoms with Crippen molar-refractivity contribution >= 4 is 36.4 Å². The molecule has 0 spiro atoms. The average Bonchev–Trinajstić information content (AvgIpc) is 2.02. The monoisotopic (exact) mass is 226 g/mol. The quantitative estimate of drug-likeness (QED) is 0.422. The van der Waals surface area contributed by atoms with Gasteiger partial charge in [0.2, 0.25) is 0 Å². The molecular weight excluding hydrogens is 211 g/mol. The predicted octanol–water partition coefficient (Wildman–Crippen LogP) is 4.47. The summed E-state index contributed by atoms with van der Waals surface area (Å²) in [6, 6.07) is 0. The van der Waals surface area contributed by atoms with Gasteiger partial charge in [0.1, 0.15) is 0 Å². The second-order valence-electron chi connectivity index (χ2n) is 3.70. The fourth-order valence-corrected chi connectivity index (χ4v) is 5.58. The van der Waals surface area contributed by atoms with Crippen molar-refractivity contribution in [1.82, 2.24) is 0 Å². The maximum absolute atomic E-state index is 5.75.